The maximum Gasteiger partial charge on any atom is 0.0930 e. The number of rotatable bonds is 3. The van der Waals surface area contributed by atoms with Crippen molar-refractivity contribution in [2.45, 2.75) is 25.4 Å². The zero-order valence-electron chi connectivity index (χ0n) is 13.4. The van der Waals surface area contributed by atoms with Gasteiger partial charge in [0.2, 0.25) is 0 Å². The lowest BCUT2D eigenvalue weighted by atomic mass is 9.99. The topological polar surface area (TPSA) is 23.5 Å². The van der Waals surface area contributed by atoms with Gasteiger partial charge in [0.25, 0.3) is 0 Å². The first kappa shape index (κ1) is 18.2. The number of thiophene rings is 1. The van der Waals surface area contributed by atoms with Crippen molar-refractivity contribution in [1.29, 1.82) is 0 Å². The third kappa shape index (κ3) is 3.49. The molecule has 0 aliphatic carbocycles. The van der Waals surface area contributed by atoms with E-state index in [-0.39, 0.29) is 12.4 Å². The quantitative estimate of drug-likeness (QED) is 0.575. The number of piperidine rings is 1. The smallest absolute Gasteiger partial charge is 0.0930 e. The fourth-order valence-corrected chi connectivity index (χ4v) is 4.94. The second-order valence-electron chi connectivity index (χ2n) is 6.37. The van der Waals surface area contributed by atoms with Crippen LogP contribution in [0.3, 0.4) is 0 Å². The van der Waals surface area contributed by atoms with Gasteiger partial charge in [-0.1, -0.05) is 28.4 Å². The van der Waals surface area contributed by atoms with E-state index >= 15 is 0 Å². The molecule has 2 aromatic carbocycles. The summed E-state index contributed by atoms with van der Waals surface area (Å²) in [5, 5.41) is 16.7. The van der Waals surface area contributed by atoms with Crippen molar-refractivity contribution in [3.8, 4) is 0 Å². The van der Waals surface area contributed by atoms with E-state index in [0.29, 0.717) is 0 Å². The molecule has 1 unspecified atom stereocenters. The molecule has 1 atom stereocenters. The van der Waals surface area contributed by atoms with Crippen LogP contribution in [0, 0.1) is 0 Å². The maximum atomic E-state index is 10.9. The van der Waals surface area contributed by atoms with Crippen molar-refractivity contribution < 1.29 is 5.11 Å². The van der Waals surface area contributed by atoms with E-state index in [2.05, 4.69) is 56.5 Å². The molecule has 0 amide bonds. The lowest BCUT2D eigenvalue weighted by Crippen LogP contribution is -2.33. The van der Waals surface area contributed by atoms with Crippen LogP contribution in [-0.4, -0.2) is 29.6 Å². The monoisotopic (exact) mass is 425 g/mol. The summed E-state index contributed by atoms with van der Waals surface area (Å²) in [5.41, 5.74) is 1.08. The summed E-state index contributed by atoms with van der Waals surface area (Å²) >= 11 is 5.30. The van der Waals surface area contributed by atoms with Gasteiger partial charge >= 0.3 is 0 Å². The SMILES string of the molecule is Cl.OC(CN1CCCCC1)c1cc2ccc(Br)cc2c2ccsc12. The zero-order chi connectivity index (χ0) is 15.8. The predicted molar refractivity (Wildman–Crippen MR) is 110 cm³/mol. The molecule has 1 N–H and O–H groups in total. The molecule has 1 fully saturated rings. The average molecular weight is 427 g/mol. The molecule has 0 bridgehead atoms. The number of aliphatic hydroxyl groups is 1. The first-order valence-corrected chi connectivity index (χ1v) is 9.89. The molecule has 1 aliphatic heterocycles. The van der Waals surface area contributed by atoms with Crippen molar-refractivity contribution in [3.63, 3.8) is 0 Å². The third-order valence-corrected chi connectivity index (χ3v) is 6.24. The standard InChI is InChI=1S/C19H20BrNOS.ClH/c20-14-5-4-13-10-17(18(22)12-21-7-2-1-3-8-21)19-15(6-9-23-19)16(13)11-14;/h4-6,9-11,18,22H,1-3,7-8,12H2;1H. The lowest BCUT2D eigenvalue weighted by Gasteiger charge is -2.28. The summed E-state index contributed by atoms with van der Waals surface area (Å²) in [6.07, 6.45) is 3.43. The molecular weight excluding hydrogens is 406 g/mol. The summed E-state index contributed by atoms with van der Waals surface area (Å²) in [5.74, 6) is 0. The Kier molecular flexibility index (Phi) is 5.83. The van der Waals surface area contributed by atoms with Gasteiger partial charge in [-0.2, -0.15) is 0 Å². The molecule has 2 heterocycles. The third-order valence-electron chi connectivity index (χ3n) is 4.78. The van der Waals surface area contributed by atoms with E-state index < -0.39 is 6.10 Å². The molecule has 2 nitrogen and oxygen atoms in total. The molecule has 0 saturated carbocycles. The highest BCUT2D eigenvalue weighted by atomic mass is 79.9. The van der Waals surface area contributed by atoms with Gasteiger partial charge in [0.1, 0.15) is 0 Å². The van der Waals surface area contributed by atoms with Gasteiger partial charge in [-0.25, -0.2) is 0 Å². The minimum absolute atomic E-state index is 0. The van der Waals surface area contributed by atoms with Crippen LogP contribution in [0.4, 0.5) is 0 Å². The maximum absolute atomic E-state index is 10.9. The number of nitrogens with zero attached hydrogens (tertiary/aromatic N) is 1. The van der Waals surface area contributed by atoms with Crippen molar-refractivity contribution in [3.05, 3.63) is 45.7 Å². The first-order valence-electron chi connectivity index (χ1n) is 8.22. The fourth-order valence-electron chi connectivity index (χ4n) is 3.60. The first-order chi connectivity index (χ1) is 11.2. The van der Waals surface area contributed by atoms with Crippen LogP contribution < -0.4 is 0 Å². The van der Waals surface area contributed by atoms with E-state index in [1.165, 1.54) is 40.1 Å². The summed E-state index contributed by atoms with van der Waals surface area (Å²) in [7, 11) is 0. The van der Waals surface area contributed by atoms with E-state index in [9.17, 15) is 5.11 Å². The molecule has 5 heteroatoms. The van der Waals surface area contributed by atoms with Crippen LogP contribution in [0.25, 0.3) is 20.9 Å². The molecule has 3 aromatic rings. The van der Waals surface area contributed by atoms with Crippen LogP contribution >= 0.6 is 39.7 Å². The van der Waals surface area contributed by atoms with Crippen LogP contribution in [0.2, 0.25) is 0 Å². The summed E-state index contributed by atoms with van der Waals surface area (Å²) in [6, 6.07) is 10.7. The van der Waals surface area contributed by atoms with Gasteiger partial charge in [0.15, 0.2) is 0 Å². The Labute approximate surface area is 161 Å². The lowest BCUT2D eigenvalue weighted by molar-refractivity contribution is 0.103. The molecule has 1 aliphatic rings. The number of fused-ring (bicyclic) bond motifs is 3. The van der Waals surface area contributed by atoms with Gasteiger partial charge in [-0.3, -0.25) is 0 Å². The number of hydrogen-bond acceptors (Lipinski definition) is 3. The van der Waals surface area contributed by atoms with Crippen molar-refractivity contribution in [1.82, 2.24) is 4.90 Å². The molecular formula is C19H21BrClNOS. The fraction of sp³-hybridized carbons (Fsp3) is 0.368. The second-order valence-corrected chi connectivity index (χ2v) is 8.20. The van der Waals surface area contributed by atoms with Gasteiger partial charge in [0.05, 0.1) is 6.10 Å². The molecule has 128 valence electrons. The number of benzene rings is 2. The van der Waals surface area contributed by atoms with Crippen LogP contribution in [0.15, 0.2) is 40.2 Å². The largest absolute Gasteiger partial charge is 0.387 e. The Morgan fingerprint density at radius 3 is 2.67 bits per heavy atom. The Hall–Kier alpha value is -0.650. The van der Waals surface area contributed by atoms with Crippen LogP contribution in [-0.2, 0) is 0 Å². The molecule has 1 saturated heterocycles. The van der Waals surface area contributed by atoms with E-state index in [4.69, 9.17) is 0 Å². The molecule has 1 aromatic heterocycles. The number of β-amino-alcohol motifs (C(OH)–C–C–N with tert-alkyl or cyclic N) is 1. The van der Waals surface area contributed by atoms with E-state index in [1.54, 1.807) is 11.3 Å². The van der Waals surface area contributed by atoms with E-state index in [0.717, 1.165) is 29.7 Å². The van der Waals surface area contributed by atoms with Crippen molar-refractivity contribution in [2.24, 2.45) is 0 Å². The predicted octanol–water partition coefficient (Wildman–Crippen LogP) is 5.76. The number of hydrogen-bond donors (Lipinski definition) is 1. The van der Waals surface area contributed by atoms with Crippen molar-refractivity contribution in [2.75, 3.05) is 19.6 Å². The minimum Gasteiger partial charge on any atom is -0.387 e. The van der Waals surface area contributed by atoms with Crippen LogP contribution in [0.1, 0.15) is 30.9 Å². The number of aliphatic hydroxyl groups excluding tert-OH is 1. The number of halogens is 2. The molecule has 4 rings (SSSR count). The molecule has 0 spiro atoms. The van der Waals surface area contributed by atoms with Gasteiger partial charge in [-0.05, 0) is 66.3 Å². The highest BCUT2D eigenvalue weighted by molar-refractivity contribution is 9.10. The van der Waals surface area contributed by atoms with E-state index in [1.807, 2.05) is 0 Å². The Morgan fingerprint density at radius 2 is 1.88 bits per heavy atom. The summed E-state index contributed by atoms with van der Waals surface area (Å²) in [4.78, 5) is 2.40. The molecule has 0 radical (unpaired) electrons. The Balaban J connectivity index is 0.00000169. The summed E-state index contributed by atoms with van der Waals surface area (Å²) < 4.78 is 2.32. The minimum atomic E-state index is -0.415. The summed E-state index contributed by atoms with van der Waals surface area (Å²) in [6.45, 7) is 2.98. The number of likely N-dealkylation sites (tertiary alicyclic amines) is 1. The zero-order valence-corrected chi connectivity index (χ0v) is 16.6. The molecule has 24 heavy (non-hydrogen) atoms. The average Bonchev–Trinajstić information content (AvgIpc) is 3.05. The Morgan fingerprint density at radius 1 is 1.08 bits per heavy atom. The van der Waals surface area contributed by atoms with Crippen molar-refractivity contribution >= 4 is 60.5 Å². The Bertz CT molecular complexity index is 844. The van der Waals surface area contributed by atoms with Gasteiger partial charge in [-0.15, -0.1) is 23.7 Å². The van der Waals surface area contributed by atoms with Gasteiger partial charge < -0.3 is 10.0 Å². The van der Waals surface area contributed by atoms with Crippen LogP contribution in [0.5, 0.6) is 0 Å². The normalized spacial score (nSPS) is 17.1. The second kappa shape index (κ2) is 7.71. The highest BCUT2D eigenvalue weighted by Crippen LogP contribution is 2.37. The van der Waals surface area contributed by atoms with Gasteiger partial charge in [0, 0.05) is 26.7 Å². The highest BCUT2D eigenvalue weighted by Gasteiger charge is 2.19.